The number of fused-ring (bicyclic) bond motifs is 1. The molecule has 0 saturated carbocycles. The van der Waals surface area contributed by atoms with Crippen LogP contribution in [0.1, 0.15) is 15.2 Å². The van der Waals surface area contributed by atoms with Crippen molar-refractivity contribution in [3.05, 3.63) is 106 Å². The number of azide groups is 1. The number of anilines is 1. The van der Waals surface area contributed by atoms with Crippen LogP contribution in [0.2, 0.25) is 0 Å². The second-order valence-corrected chi connectivity index (χ2v) is 6.91. The minimum absolute atomic E-state index is 0.318. The number of nitrogens with zero attached hydrogens (tertiary/aromatic N) is 6. The van der Waals surface area contributed by atoms with Gasteiger partial charge in [0.1, 0.15) is 5.75 Å². The largest absolute Gasteiger partial charge is 0.497 e. The second-order valence-electron chi connectivity index (χ2n) is 6.91. The first-order chi connectivity index (χ1) is 16.5. The van der Waals surface area contributed by atoms with Gasteiger partial charge < -0.3 is 10.1 Å². The van der Waals surface area contributed by atoms with Crippen LogP contribution in [0.3, 0.4) is 0 Å². The van der Waals surface area contributed by atoms with Crippen LogP contribution >= 0.6 is 0 Å². The summed E-state index contributed by atoms with van der Waals surface area (Å²) < 4.78 is 7.43. The number of hydrogen-bond acceptors (Lipinski definition) is 6. The minimum Gasteiger partial charge on any atom is -0.497 e. The Morgan fingerprint density at radius 2 is 1.94 bits per heavy atom. The molecule has 0 aliphatic carbocycles. The number of carbonyl (C=O) groups excluding carboxylic acids is 2. The number of rotatable bonds is 6. The number of allylic oxidation sites excluding steroid dienone is 1. The molecule has 0 spiro atoms. The quantitative estimate of drug-likeness (QED) is 0.203. The van der Waals surface area contributed by atoms with Crippen molar-refractivity contribution in [2.24, 2.45) is 5.11 Å². The molecule has 2 aromatic carbocycles. The fourth-order valence-corrected chi connectivity index (χ4v) is 3.37. The molecular weight excluding hydrogens is 438 g/mol. The Morgan fingerprint density at radius 3 is 2.68 bits per heavy atom. The Balaban J connectivity index is 1.67. The molecule has 11 nitrogen and oxygen atoms in total. The number of amides is 1. The molecule has 2 heterocycles. The molecule has 1 N–H and O–H groups in total. The van der Waals surface area contributed by atoms with Crippen molar-refractivity contribution in [2.45, 2.75) is 0 Å². The van der Waals surface area contributed by atoms with E-state index in [-0.39, 0.29) is 5.91 Å². The van der Waals surface area contributed by atoms with Gasteiger partial charge in [-0.25, -0.2) is 9.36 Å². The van der Waals surface area contributed by atoms with Gasteiger partial charge in [-0.3, -0.25) is 19.1 Å². The molecule has 0 atom stereocenters. The summed E-state index contributed by atoms with van der Waals surface area (Å²) in [4.78, 5) is 44.8. The Labute approximate surface area is 192 Å². The van der Waals surface area contributed by atoms with Gasteiger partial charge in [-0.15, -0.1) is 0 Å². The lowest BCUT2D eigenvalue weighted by Gasteiger charge is -2.08. The predicted molar refractivity (Wildman–Crippen MR) is 125 cm³/mol. The summed E-state index contributed by atoms with van der Waals surface area (Å²) in [7, 11) is 1.52. The molecule has 34 heavy (non-hydrogen) atoms. The van der Waals surface area contributed by atoms with Crippen LogP contribution in [-0.4, -0.2) is 33.0 Å². The number of imidazole rings is 1. The molecular formula is C23H17N7O4. The number of carbonyl (C=O) groups is 2. The maximum atomic E-state index is 13.1. The van der Waals surface area contributed by atoms with Crippen molar-refractivity contribution < 1.29 is 14.3 Å². The van der Waals surface area contributed by atoms with E-state index in [0.29, 0.717) is 33.7 Å². The van der Waals surface area contributed by atoms with Gasteiger partial charge in [0.15, 0.2) is 0 Å². The van der Waals surface area contributed by atoms with E-state index in [9.17, 15) is 14.4 Å². The molecule has 0 fully saturated rings. The third-order valence-electron chi connectivity index (χ3n) is 4.91. The fourth-order valence-electron chi connectivity index (χ4n) is 3.37. The van der Waals surface area contributed by atoms with Crippen LogP contribution in [0.25, 0.3) is 27.2 Å². The summed E-state index contributed by atoms with van der Waals surface area (Å²) in [5, 5.41) is 5.97. The third kappa shape index (κ3) is 4.27. The number of hydrogen-bond donors (Lipinski definition) is 1. The highest BCUT2D eigenvalue weighted by Gasteiger charge is 2.18. The summed E-state index contributed by atoms with van der Waals surface area (Å²) in [5.41, 5.74) is 9.92. The van der Waals surface area contributed by atoms with Crippen LogP contribution in [0, 0.1) is 0 Å². The molecule has 168 valence electrons. The first-order valence-electron chi connectivity index (χ1n) is 9.92. The van der Waals surface area contributed by atoms with Gasteiger partial charge in [-0.05, 0) is 54.1 Å². The Morgan fingerprint density at radius 1 is 1.15 bits per heavy atom. The van der Waals surface area contributed by atoms with E-state index >= 15 is 0 Å². The van der Waals surface area contributed by atoms with Crippen molar-refractivity contribution >= 4 is 28.5 Å². The number of benzene rings is 2. The Hall–Kier alpha value is -5.15. The third-order valence-corrected chi connectivity index (χ3v) is 4.91. The Kier molecular flexibility index (Phi) is 6.20. The van der Waals surface area contributed by atoms with Crippen molar-refractivity contribution in [3.63, 3.8) is 0 Å². The lowest BCUT2D eigenvalue weighted by molar-refractivity contribution is 0.0968. The van der Waals surface area contributed by atoms with Gasteiger partial charge in [0.2, 0.25) is 0 Å². The normalized spacial score (nSPS) is 10.7. The van der Waals surface area contributed by atoms with E-state index in [1.165, 1.54) is 30.1 Å². The fraction of sp³-hybridized carbons (Fsp3) is 0.0435. The highest BCUT2D eigenvalue weighted by molar-refractivity contribution is 6.04. The van der Waals surface area contributed by atoms with Crippen molar-refractivity contribution in [2.75, 3.05) is 12.4 Å². The summed E-state index contributed by atoms with van der Waals surface area (Å²) in [5.74, 6) is -0.423. The zero-order valence-electron chi connectivity index (χ0n) is 17.8. The summed E-state index contributed by atoms with van der Waals surface area (Å²) >= 11 is 0. The van der Waals surface area contributed by atoms with E-state index in [0.717, 1.165) is 16.8 Å². The van der Waals surface area contributed by atoms with E-state index in [1.807, 2.05) is 0 Å². The molecule has 0 bridgehead atoms. The molecule has 0 saturated heterocycles. The lowest BCUT2D eigenvalue weighted by Crippen LogP contribution is -2.27. The smallest absolute Gasteiger partial charge is 0.340 e. The average molecular weight is 455 g/mol. The van der Waals surface area contributed by atoms with Gasteiger partial charge in [-0.1, -0.05) is 11.2 Å². The monoisotopic (exact) mass is 455 g/mol. The molecule has 2 aromatic heterocycles. The van der Waals surface area contributed by atoms with Gasteiger partial charge in [0.05, 0.1) is 30.0 Å². The van der Waals surface area contributed by atoms with Crippen LogP contribution in [0.4, 0.5) is 5.69 Å². The lowest BCUT2D eigenvalue weighted by atomic mass is 10.2. The van der Waals surface area contributed by atoms with Crippen LogP contribution in [-0.2, 0) is 0 Å². The van der Waals surface area contributed by atoms with Crippen molar-refractivity contribution in [1.82, 2.24) is 14.1 Å². The molecule has 4 aromatic rings. The van der Waals surface area contributed by atoms with Gasteiger partial charge >= 0.3 is 5.69 Å². The van der Waals surface area contributed by atoms with E-state index in [4.69, 9.17) is 10.3 Å². The topological polar surface area (TPSA) is 144 Å². The Bertz CT molecular complexity index is 1530. The number of nitrogens with one attached hydrogen (secondary N) is 1. The highest BCUT2D eigenvalue weighted by Crippen LogP contribution is 2.20. The number of methoxy groups -OCH3 is 1. The average Bonchev–Trinajstić information content (AvgIpc) is 3.16. The van der Waals surface area contributed by atoms with Crippen molar-refractivity contribution in [3.8, 4) is 11.4 Å². The molecule has 0 aliphatic heterocycles. The second kappa shape index (κ2) is 9.55. The van der Waals surface area contributed by atoms with Crippen LogP contribution in [0.5, 0.6) is 5.75 Å². The predicted octanol–water partition coefficient (Wildman–Crippen LogP) is 3.91. The van der Waals surface area contributed by atoms with E-state index in [1.54, 1.807) is 48.5 Å². The summed E-state index contributed by atoms with van der Waals surface area (Å²) in [6, 6.07) is 14.8. The van der Waals surface area contributed by atoms with E-state index in [2.05, 4.69) is 20.3 Å². The number of pyridine rings is 1. The highest BCUT2D eigenvalue weighted by atomic mass is 16.5. The van der Waals surface area contributed by atoms with Crippen LogP contribution in [0.15, 0.2) is 89.2 Å². The standard InChI is InChI=1S/C23H17N7O4/c1-34-18-4-2-3-15(13-18)22(32)27-16-5-7-17(8-6-16)29-20-14-25-11-9-19(20)30(23(29)33)21(31)10-12-26-28-24/h2-14H,1H3,(H,27,32). The first-order valence-corrected chi connectivity index (χ1v) is 9.92. The zero-order chi connectivity index (χ0) is 24.1. The molecule has 0 radical (unpaired) electrons. The molecule has 11 heteroatoms. The maximum absolute atomic E-state index is 13.1. The number of ether oxygens (including phenoxy) is 1. The van der Waals surface area contributed by atoms with Gasteiger partial charge in [-0.2, -0.15) is 0 Å². The van der Waals surface area contributed by atoms with E-state index < -0.39 is 11.6 Å². The van der Waals surface area contributed by atoms with Crippen molar-refractivity contribution in [1.29, 1.82) is 0 Å². The molecule has 4 rings (SSSR count). The first kappa shape index (κ1) is 22.1. The maximum Gasteiger partial charge on any atom is 0.340 e. The molecule has 0 unspecified atom stereocenters. The van der Waals surface area contributed by atoms with Crippen LogP contribution < -0.4 is 15.7 Å². The zero-order valence-corrected chi connectivity index (χ0v) is 17.8. The number of aromatic nitrogens is 3. The minimum atomic E-state index is -0.672. The summed E-state index contributed by atoms with van der Waals surface area (Å²) in [6.45, 7) is 0. The SMILES string of the molecule is COc1cccc(C(=O)Nc2ccc(-n3c(=O)n(C(=O)C=CN=[N+]=[N-])c4ccncc43)cc2)c1. The van der Waals surface area contributed by atoms with Gasteiger partial charge in [0, 0.05) is 34.6 Å². The van der Waals surface area contributed by atoms with Gasteiger partial charge in [0.25, 0.3) is 11.8 Å². The molecule has 1 amide bonds. The molecule has 0 aliphatic rings. The summed E-state index contributed by atoms with van der Waals surface area (Å²) in [6.07, 6.45) is 4.90.